The lowest BCUT2D eigenvalue weighted by molar-refractivity contribution is -0.138. The molecule has 4 rings (SSSR count). The Morgan fingerprint density at radius 2 is 1.70 bits per heavy atom. The summed E-state index contributed by atoms with van der Waals surface area (Å²) in [5, 5.41) is 0.912. The van der Waals surface area contributed by atoms with Crippen LogP contribution in [0, 0.1) is 5.82 Å². The van der Waals surface area contributed by atoms with Crippen LogP contribution >= 0.6 is 0 Å². The molecule has 0 aliphatic heterocycles. The lowest BCUT2D eigenvalue weighted by Gasteiger charge is -2.19. The molecular formula is C30H25F4NO2. The predicted molar refractivity (Wildman–Crippen MR) is 138 cm³/mol. The Kier molecular flexibility index (Phi) is 7.62. The molecule has 3 nitrogen and oxygen atoms in total. The van der Waals surface area contributed by atoms with E-state index in [0.29, 0.717) is 28.5 Å². The van der Waals surface area contributed by atoms with Crippen LogP contribution in [-0.4, -0.2) is 17.6 Å². The molecule has 0 radical (unpaired) electrons. The fourth-order valence-corrected chi connectivity index (χ4v) is 4.33. The number of alkyl halides is 3. The second kappa shape index (κ2) is 10.9. The van der Waals surface area contributed by atoms with Gasteiger partial charge in [-0.05, 0) is 65.9 Å². The van der Waals surface area contributed by atoms with Gasteiger partial charge < -0.3 is 9.72 Å². The number of carbonyl (C=O) groups is 1. The third-order valence-corrected chi connectivity index (χ3v) is 5.96. The van der Waals surface area contributed by atoms with E-state index < -0.39 is 23.5 Å². The standard InChI is InChI=1S/C30H25F4NO2/c1-3-23(24-15-14-22(31)18-25(24)30(32,33)34)29(27-17-21-7-5-6-8-26(21)35-27)20-12-9-19(10-13-20)11-16-28(36)37-4-2/h5-18,35H,3-4H2,1-2H3/b16-11+,29-23+. The zero-order valence-electron chi connectivity index (χ0n) is 20.3. The molecule has 190 valence electrons. The van der Waals surface area contributed by atoms with Crippen LogP contribution in [0.15, 0.2) is 78.9 Å². The molecule has 0 fully saturated rings. The van der Waals surface area contributed by atoms with Gasteiger partial charge in [-0.15, -0.1) is 0 Å². The maximum Gasteiger partial charge on any atom is 0.417 e. The first-order valence-corrected chi connectivity index (χ1v) is 11.8. The largest absolute Gasteiger partial charge is 0.463 e. The molecular weight excluding hydrogens is 482 g/mol. The Balaban J connectivity index is 1.92. The molecule has 4 aromatic rings. The minimum absolute atomic E-state index is 0.0728. The summed E-state index contributed by atoms with van der Waals surface area (Å²) < 4.78 is 60.7. The highest BCUT2D eigenvalue weighted by Gasteiger charge is 2.35. The maximum atomic E-state index is 14.0. The van der Waals surface area contributed by atoms with E-state index in [4.69, 9.17) is 4.74 Å². The maximum absolute atomic E-state index is 14.0. The number of aromatic amines is 1. The molecule has 37 heavy (non-hydrogen) atoms. The van der Waals surface area contributed by atoms with E-state index in [2.05, 4.69) is 4.98 Å². The fourth-order valence-electron chi connectivity index (χ4n) is 4.33. The minimum atomic E-state index is -4.73. The first kappa shape index (κ1) is 25.9. The number of rotatable bonds is 7. The van der Waals surface area contributed by atoms with Crippen LogP contribution in [0.2, 0.25) is 0 Å². The van der Waals surface area contributed by atoms with Crippen molar-refractivity contribution in [1.82, 2.24) is 4.98 Å². The highest BCUT2D eigenvalue weighted by molar-refractivity contribution is 6.01. The predicted octanol–water partition coefficient (Wildman–Crippen LogP) is 8.27. The fraction of sp³-hybridized carbons (Fsp3) is 0.167. The zero-order chi connectivity index (χ0) is 26.6. The van der Waals surface area contributed by atoms with Gasteiger partial charge in [-0.2, -0.15) is 13.2 Å². The molecule has 0 aliphatic carbocycles. The van der Waals surface area contributed by atoms with Crippen molar-refractivity contribution in [3.05, 3.63) is 113 Å². The molecule has 0 spiro atoms. The van der Waals surface area contributed by atoms with Gasteiger partial charge >= 0.3 is 12.1 Å². The van der Waals surface area contributed by atoms with Gasteiger partial charge in [-0.1, -0.05) is 55.5 Å². The summed E-state index contributed by atoms with van der Waals surface area (Å²) >= 11 is 0. The number of fused-ring (bicyclic) bond motifs is 1. The van der Waals surface area contributed by atoms with Crippen LogP contribution in [-0.2, 0) is 15.7 Å². The molecule has 0 saturated carbocycles. The summed E-state index contributed by atoms with van der Waals surface area (Å²) in [6, 6.07) is 19.4. The molecule has 0 unspecified atom stereocenters. The Morgan fingerprint density at radius 1 is 0.973 bits per heavy atom. The summed E-state index contributed by atoms with van der Waals surface area (Å²) in [7, 11) is 0. The van der Waals surface area contributed by atoms with Crippen molar-refractivity contribution in [1.29, 1.82) is 0 Å². The van der Waals surface area contributed by atoms with Crippen LogP contribution in [0.3, 0.4) is 0 Å². The van der Waals surface area contributed by atoms with Crippen LogP contribution in [0.25, 0.3) is 28.1 Å². The zero-order valence-corrected chi connectivity index (χ0v) is 20.3. The quantitative estimate of drug-likeness (QED) is 0.118. The van der Waals surface area contributed by atoms with Crippen molar-refractivity contribution in [2.45, 2.75) is 26.4 Å². The molecule has 0 amide bonds. The lowest BCUT2D eigenvalue weighted by Crippen LogP contribution is -2.10. The molecule has 3 aromatic carbocycles. The van der Waals surface area contributed by atoms with E-state index in [9.17, 15) is 22.4 Å². The number of carbonyl (C=O) groups excluding carboxylic acids is 1. The number of para-hydroxylation sites is 1. The summed E-state index contributed by atoms with van der Waals surface area (Å²) in [6.45, 7) is 3.76. The number of H-pyrrole nitrogens is 1. The van der Waals surface area contributed by atoms with Gasteiger partial charge in [0.2, 0.25) is 0 Å². The minimum Gasteiger partial charge on any atom is -0.463 e. The highest BCUT2D eigenvalue weighted by atomic mass is 19.4. The van der Waals surface area contributed by atoms with Crippen molar-refractivity contribution < 1.29 is 27.1 Å². The SMILES string of the molecule is CCOC(=O)/C=C/c1ccc(/C(=C(/CC)c2ccc(F)cc2C(F)(F)F)c2cc3ccccc3[nH]2)cc1. The first-order valence-electron chi connectivity index (χ1n) is 11.8. The van der Waals surface area contributed by atoms with Crippen molar-refractivity contribution in [3.63, 3.8) is 0 Å². The van der Waals surface area contributed by atoms with Crippen molar-refractivity contribution in [3.8, 4) is 0 Å². The molecule has 0 atom stereocenters. The summed E-state index contributed by atoms with van der Waals surface area (Å²) in [5.41, 5.74) is 2.80. The molecule has 1 heterocycles. The monoisotopic (exact) mass is 507 g/mol. The highest BCUT2D eigenvalue weighted by Crippen LogP contribution is 2.41. The van der Waals surface area contributed by atoms with E-state index in [0.717, 1.165) is 22.5 Å². The van der Waals surface area contributed by atoms with E-state index >= 15 is 0 Å². The summed E-state index contributed by atoms with van der Waals surface area (Å²) in [4.78, 5) is 15.0. The van der Waals surface area contributed by atoms with Crippen LogP contribution in [0.5, 0.6) is 0 Å². The van der Waals surface area contributed by atoms with E-state index in [1.165, 1.54) is 12.1 Å². The third-order valence-electron chi connectivity index (χ3n) is 5.96. The number of halogens is 4. The molecule has 7 heteroatoms. The smallest absolute Gasteiger partial charge is 0.417 e. The molecule has 0 bridgehead atoms. The Morgan fingerprint density at radius 3 is 2.35 bits per heavy atom. The molecule has 0 aliphatic rings. The number of esters is 1. The summed E-state index contributed by atoms with van der Waals surface area (Å²) in [6.07, 6.45) is -1.54. The van der Waals surface area contributed by atoms with Gasteiger partial charge in [0, 0.05) is 28.2 Å². The Hall–Kier alpha value is -4.13. The van der Waals surface area contributed by atoms with Gasteiger partial charge in [-0.25, -0.2) is 9.18 Å². The topological polar surface area (TPSA) is 42.1 Å². The van der Waals surface area contributed by atoms with Gasteiger partial charge in [0.15, 0.2) is 0 Å². The Bertz CT molecular complexity index is 1440. The number of allylic oxidation sites excluding steroid dienone is 1. The number of benzene rings is 3. The van der Waals surface area contributed by atoms with Crippen LogP contribution in [0.1, 0.15) is 48.2 Å². The van der Waals surface area contributed by atoms with E-state index in [1.54, 1.807) is 44.2 Å². The van der Waals surface area contributed by atoms with E-state index in [1.807, 2.05) is 30.3 Å². The average Bonchev–Trinajstić information content (AvgIpc) is 3.30. The van der Waals surface area contributed by atoms with Gasteiger partial charge in [0.25, 0.3) is 0 Å². The summed E-state index contributed by atoms with van der Waals surface area (Å²) in [5.74, 6) is -1.41. The number of nitrogens with one attached hydrogen (secondary N) is 1. The lowest BCUT2D eigenvalue weighted by atomic mass is 9.88. The molecule has 0 saturated heterocycles. The second-order valence-electron chi connectivity index (χ2n) is 8.37. The van der Waals surface area contributed by atoms with Crippen molar-refractivity contribution >= 4 is 34.1 Å². The van der Waals surface area contributed by atoms with E-state index in [-0.39, 0.29) is 18.6 Å². The van der Waals surface area contributed by atoms with Gasteiger partial charge in [0.05, 0.1) is 12.2 Å². The molecule has 1 aromatic heterocycles. The molecule has 1 N–H and O–H groups in total. The van der Waals surface area contributed by atoms with Gasteiger partial charge in [-0.3, -0.25) is 0 Å². The van der Waals surface area contributed by atoms with Gasteiger partial charge in [0.1, 0.15) is 5.82 Å². The van der Waals surface area contributed by atoms with Crippen LogP contribution < -0.4 is 0 Å². The number of aromatic nitrogens is 1. The van der Waals surface area contributed by atoms with Crippen molar-refractivity contribution in [2.75, 3.05) is 6.61 Å². The Labute approximate surface area is 212 Å². The second-order valence-corrected chi connectivity index (χ2v) is 8.37. The first-order chi connectivity index (χ1) is 17.7. The van der Waals surface area contributed by atoms with Crippen molar-refractivity contribution in [2.24, 2.45) is 0 Å². The third kappa shape index (κ3) is 5.82. The number of hydrogen-bond donors (Lipinski definition) is 1. The average molecular weight is 508 g/mol. The number of hydrogen-bond acceptors (Lipinski definition) is 2. The normalized spacial score (nSPS) is 12.7. The number of ether oxygens (including phenoxy) is 1. The van der Waals surface area contributed by atoms with Crippen LogP contribution in [0.4, 0.5) is 17.6 Å².